The molecule has 0 aliphatic carbocycles. The Hall–Kier alpha value is -1.59. The van der Waals surface area contributed by atoms with Crippen LogP contribution in [0.1, 0.15) is 32.3 Å². The van der Waals surface area contributed by atoms with Gasteiger partial charge in [-0.1, -0.05) is 29.3 Å². The maximum absolute atomic E-state index is 13.2. The minimum absolute atomic E-state index is 0.0237. The van der Waals surface area contributed by atoms with E-state index >= 15 is 0 Å². The van der Waals surface area contributed by atoms with Crippen LogP contribution < -0.4 is 14.2 Å². The number of thioether (sulfide) groups is 1. The molecule has 2 heterocycles. The molecule has 0 amide bonds. The van der Waals surface area contributed by atoms with Crippen molar-refractivity contribution in [3.05, 3.63) is 56.3 Å². The van der Waals surface area contributed by atoms with Gasteiger partial charge < -0.3 is 4.74 Å². The third kappa shape index (κ3) is 5.40. The standard InChI is InChI=1S/C21H22Cl2N2O5S3/c1-21(2)8-7-13-10-14(5-6-19(13)30-21)32(26,27)24-17-11-15(22)16(23)12-18(17)25-33(28,29)20-4-3-9-31-20/h4-6,10-12,24-25H,3,7-9H2,1-2H3. The van der Waals surface area contributed by atoms with Crippen LogP contribution in [0.15, 0.2) is 45.5 Å². The van der Waals surface area contributed by atoms with Gasteiger partial charge in [0.1, 0.15) is 15.6 Å². The first-order chi connectivity index (χ1) is 15.4. The first-order valence-electron chi connectivity index (χ1n) is 10.1. The Balaban J connectivity index is 1.66. The summed E-state index contributed by atoms with van der Waals surface area (Å²) in [6.07, 6.45) is 3.69. The summed E-state index contributed by atoms with van der Waals surface area (Å²) in [6.45, 7) is 3.96. The summed E-state index contributed by atoms with van der Waals surface area (Å²) in [5, 5.41) is 0.159. The average Bonchev–Trinajstić information content (AvgIpc) is 3.26. The number of halogens is 2. The zero-order valence-electron chi connectivity index (χ0n) is 17.8. The molecule has 2 aromatic rings. The van der Waals surface area contributed by atoms with Crippen LogP contribution in [-0.2, 0) is 26.5 Å². The van der Waals surface area contributed by atoms with Crippen LogP contribution in [0.3, 0.4) is 0 Å². The Bertz CT molecular complexity index is 1360. The molecule has 0 saturated carbocycles. The van der Waals surface area contributed by atoms with Gasteiger partial charge in [-0.25, -0.2) is 16.8 Å². The van der Waals surface area contributed by atoms with Crippen LogP contribution in [-0.4, -0.2) is 28.2 Å². The number of nitrogens with one attached hydrogen (secondary N) is 2. The van der Waals surface area contributed by atoms with E-state index in [0.717, 1.165) is 12.0 Å². The van der Waals surface area contributed by atoms with E-state index in [0.29, 0.717) is 24.3 Å². The number of fused-ring (bicyclic) bond motifs is 1. The quantitative estimate of drug-likeness (QED) is 0.485. The zero-order chi connectivity index (χ0) is 24.0. The van der Waals surface area contributed by atoms with Crippen molar-refractivity contribution in [3.63, 3.8) is 0 Å². The molecule has 2 N–H and O–H groups in total. The third-order valence-electron chi connectivity index (χ3n) is 5.21. The number of benzene rings is 2. The summed E-state index contributed by atoms with van der Waals surface area (Å²) >= 11 is 13.4. The highest BCUT2D eigenvalue weighted by Gasteiger charge is 2.29. The van der Waals surface area contributed by atoms with Crippen molar-refractivity contribution in [1.82, 2.24) is 0 Å². The van der Waals surface area contributed by atoms with Crippen molar-refractivity contribution in [2.45, 2.75) is 43.6 Å². The maximum Gasteiger partial charge on any atom is 0.267 e. The van der Waals surface area contributed by atoms with Gasteiger partial charge in [-0.3, -0.25) is 9.44 Å². The molecule has 2 aliphatic heterocycles. The molecule has 0 fully saturated rings. The van der Waals surface area contributed by atoms with Crippen LogP contribution in [0.2, 0.25) is 10.0 Å². The van der Waals surface area contributed by atoms with Gasteiger partial charge in [-0.05, 0) is 69.0 Å². The largest absolute Gasteiger partial charge is 0.488 e. The van der Waals surface area contributed by atoms with Crippen LogP contribution in [0.4, 0.5) is 11.4 Å². The van der Waals surface area contributed by atoms with Gasteiger partial charge in [0, 0.05) is 5.75 Å². The summed E-state index contributed by atoms with van der Waals surface area (Å²) in [6, 6.07) is 7.20. The van der Waals surface area contributed by atoms with E-state index in [-0.39, 0.29) is 36.2 Å². The van der Waals surface area contributed by atoms with Gasteiger partial charge in [-0.2, -0.15) is 0 Å². The molecule has 7 nitrogen and oxygen atoms in total. The van der Waals surface area contributed by atoms with E-state index in [1.165, 1.54) is 30.0 Å². The van der Waals surface area contributed by atoms with E-state index in [1.54, 1.807) is 18.2 Å². The smallest absolute Gasteiger partial charge is 0.267 e. The van der Waals surface area contributed by atoms with Gasteiger partial charge in [0.2, 0.25) is 0 Å². The Morgan fingerprint density at radius 2 is 1.61 bits per heavy atom. The van der Waals surface area contributed by atoms with Crippen molar-refractivity contribution in [3.8, 4) is 5.75 Å². The Labute approximate surface area is 208 Å². The second-order valence-electron chi connectivity index (χ2n) is 8.31. The Morgan fingerprint density at radius 3 is 2.21 bits per heavy atom. The predicted molar refractivity (Wildman–Crippen MR) is 134 cm³/mol. The van der Waals surface area contributed by atoms with Gasteiger partial charge in [0.15, 0.2) is 0 Å². The molecular formula is C21H22Cl2N2O5S3. The fraction of sp³-hybridized carbons (Fsp3) is 0.333. The number of ether oxygens (including phenoxy) is 1. The number of rotatable bonds is 6. The average molecular weight is 550 g/mol. The minimum Gasteiger partial charge on any atom is -0.488 e. The van der Waals surface area contributed by atoms with Gasteiger partial charge in [-0.15, -0.1) is 11.8 Å². The lowest BCUT2D eigenvalue weighted by atomic mass is 9.94. The van der Waals surface area contributed by atoms with Crippen LogP contribution in [0.25, 0.3) is 0 Å². The summed E-state index contributed by atoms with van der Waals surface area (Å²) in [5.74, 6) is 1.31. The van der Waals surface area contributed by atoms with Gasteiger partial charge >= 0.3 is 0 Å². The molecule has 0 bridgehead atoms. The van der Waals surface area contributed by atoms with Crippen molar-refractivity contribution in [2.75, 3.05) is 15.2 Å². The molecule has 2 aliphatic rings. The predicted octanol–water partition coefficient (Wildman–Crippen LogP) is 5.62. The molecule has 0 atom stereocenters. The molecule has 4 rings (SSSR count). The fourth-order valence-electron chi connectivity index (χ4n) is 3.50. The van der Waals surface area contributed by atoms with E-state index in [1.807, 2.05) is 13.8 Å². The zero-order valence-corrected chi connectivity index (χ0v) is 21.8. The lowest BCUT2D eigenvalue weighted by molar-refractivity contribution is 0.0845. The van der Waals surface area contributed by atoms with E-state index < -0.39 is 20.0 Å². The summed E-state index contributed by atoms with van der Waals surface area (Å²) in [7, 11) is -7.95. The lowest BCUT2D eigenvalue weighted by Gasteiger charge is -2.32. The topological polar surface area (TPSA) is 102 Å². The van der Waals surface area contributed by atoms with E-state index in [9.17, 15) is 16.8 Å². The Kier molecular flexibility index (Phi) is 6.60. The number of aryl methyl sites for hydroxylation is 1. The van der Waals surface area contributed by atoms with Crippen LogP contribution in [0, 0.1) is 0 Å². The molecule has 0 radical (unpaired) electrons. The molecule has 33 heavy (non-hydrogen) atoms. The Morgan fingerprint density at radius 1 is 0.970 bits per heavy atom. The summed E-state index contributed by atoms with van der Waals surface area (Å²) in [5.41, 5.74) is 0.415. The van der Waals surface area contributed by atoms with E-state index in [4.69, 9.17) is 27.9 Å². The molecule has 178 valence electrons. The fourth-order valence-corrected chi connectivity index (χ4v) is 7.51. The normalized spacial score (nSPS) is 17.6. The highest BCUT2D eigenvalue weighted by atomic mass is 35.5. The highest BCUT2D eigenvalue weighted by molar-refractivity contribution is 8.19. The number of hydrogen-bond acceptors (Lipinski definition) is 6. The maximum atomic E-state index is 13.2. The second kappa shape index (κ2) is 8.88. The lowest BCUT2D eigenvalue weighted by Crippen LogP contribution is -2.32. The summed E-state index contributed by atoms with van der Waals surface area (Å²) < 4.78 is 62.8. The van der Waals surface area contributed by atoms with Crippen molar-refractivity contribution < 1.29 is 21.6 Å². The highest BCUT2D eigenvalue weighted by Crippen LogP contribution is 2.38. The molecule has 0 unspecified atom stereocenters. The SMILES string of the molecule is CC1(C)CCc2cc(S(=O)(=O)Nc3cc(Cl)c(Cl)cc3NS(=O)(=O)C3=CCCS3)ccc2O1. The van der Waals surface area contributed by atoms with Crippen molar-refractivity contribution in [2.24, 2.45) is 0 Å². The number of hydrogen-bond donors (Lipinski definition) is 2. The van der Waals surface area contributed by atoms with Crippen LogP contribution in [0.5, 0.6) is 5.75 Å². The van der Waals surface area contributed by atoms with Crippen LogP contribution >= 0.6 is 35.0 Å². The molecule has 12 heteroatoms. The van der Waals surface area contributed by atoms with Crippen molar-refractivity contribution in [1.29, 1.82) is 0 Å². The molecular weight excluding hydrogens is 527 g/mol. The van der Waals surface area contributed by atoms with E-state index in [2.05, 4.69) is 9.44 Å². The number of sulfonamides is 2. The monoisotopic (exact) mass is 548 g/mol. The van der Waals surface area contributed by atoms with Gasteiger partial charge in [0.05, 0.1) is 26.3 Å². The first-order valence-corrected chi connectivity index (χ1v) is 14.8. The first kappa shape index (κ1) is 24.5. The number of allylic oxidation sites excluding steroid dienone is 1. The second-order valence-corrected chi connectivity index (χ2v) is 13.9. The summed E-state index contributed by atoms with van der Waals surface area (Å²) in [4.78, 5) is 0.0264. The molecule has 2 aromatic carbocycles. The number of anilines is 2. The molecule has 0 saturated heterocycles. The third-order valence-corrected chi connectivity index (χ3v) is 10.4. The van der Waals surface area contributed by atoms with Gasteiger partial charge in [0.25, 0.3) is 20.0 Å². The molecule has 0 aromatic heterocycles. The molecule has 0 spiro atoms. The van der Waals surface area contributed by atoms with Crippen molar-refractivity contribution >= 4 is 66.4 Å². The minimum atomic E-state index is -4.06.